The van der Waals surface area contributed by atoms with Gasteiger partial charge in [-0.3, -0.25) is 0 Å². The van der Waals surface area contributed by atoms with E-state index < -0.39 is 0 Å². The molecule has 0 spiro atoms. The highest BCUT2D eigenvalue weighted by Crippen LogP contribution is 2.54. The van der Waals surface area contributed by atoms with Gasteiger partial charge in [-0.1, -0.05) is 285 Å². The maximum absolute atomic E-state index is 6.52. The van der Waals surface area contributed by atoms with E-state index in [1.807, 2.05) is 0 Å². The van der Waals surface area contributed by atoms with Crippen LogP contribution < -0.4 is 26.2 Å². The topological polar surface area (TPSA) is 29.5 Å². The Hall–Kier alpha value is -13.4. The van der Waals surface area contributed by atoms with Crippen molar-refractivity contribution in [1.29, 1.82) is 0 Å². The Kier molecular flexibility index (Phi) is 13.1. The van der Waals surface area contributed by atoms with Gasteiger partial charge in [-0.15, -0.1) is 0 Å². The van der Waals surface area contributed by atoms with Crippen LogP contribution in [0.25, 0.3) is 144 Å². The Morgan fingerprint density at radius 2 is 0.608 bits per heavy atom. The predicted molar refractivity (Wildman–Crippen MR) is 429 cm³/mol. The molecule has 16 aromatic carbocycles. The van der Waals surface area contributed by atoms with E-state index in [0.29, 0.717) is 0 Å². The standard InChI is InChI=1S/C96H61BN4O/c1-6-26-62(27-7-1)72-40-24-41-73(63-28-8-2-9-29-63)95(72)100-88-54-50-68(66-49-53-87-80(56-66)78-38-18-22-46-86(78)98(87)70-34-14-5-15-35-70)58-83(88)97-82-52-48-69(67-51-55-93-81(57-67)79-39-19-23-47-92(79)102-93)59-89(82)101(96-74(64-30-10-3-11-31-64)42-25-43-75(96)65-32-12-4-13-33-65)91-61-71(60-90(100)94(91)97)99-84-44-20-16-36-76(84)77-37-17-21-45-85(77)99/h1-61H. The number of furan rings is 1. The van der Waals surface area contributed by atoms with E-state index in [9.17, 15) is 0 Å². The first-order chi connectivity index (χ1) is 50.6. The van der Waals surface area contributed by atoms with E-state index in [1.54, 1.807) is 0 Å². The number of fused-ring (bicyclic) bond motifs is 13. The zero-order chi connectivity index (χ0) is 66.9. The summed E-state index contributed by atoms with van der Waals surface area (Å²) in [6, 6.07) is 137. The van der Waals surface area contributed by atoms with Crippen molar-refractivity contribution < 1.29 is 4.42 Å². The summed E-state index contributed by atoms with van der Waals surface area (Å²) in [5, 5.41) is 7.01. The summed E-state index contributed by atoms with van der Waals surface area (Å²) in [6.07, 6.45) is 0. The molecule has 6 heteroatoms. The molecular formula is C96H61BN4O. The molecule has 2 aliphatic heterocycles. The Morgan fingerprint density at radius 3 is 1.16 bits per heavy atom. The van der Waals surface area contributed by atoms with Crippen molar-refractivity contribution in [3.05, 3.63) is 370 Å². The van der Waals surface area contributed by atoms with E-state index in [1.165, 1.54) is 49.0 Å². The number of hydrogen-bond donors (Lipinski definition) is 0. The van der Waals surface area contributed by atoms with Gasteiger partial charge in [0.05, 0.1) is 39.1 Å². The lowest BCUT2D eigenvalue weighted by Gasteiger charge is -2.46. The fraction of sp³-hybridized carbons (Fsp3) is 0. The fourth-order valence-electron chi connectivity index (χ4n) is 17.0. The molecular weight excluding hydrogens is 1240 g/mol. The van der Waals surface area contributed by atoms with Gasteiger partial charge in [0.1, 0.15) is 11.2 Å². The number of para-hydroxylation sites is 7. The highest BCUT2D eigenvalue weighted by atomic mass is 16.3. The van der Waals surface area contributed by atoms with Gasteiger partial charge in [-0.25, -0.2) is 0 Å². The molecule has 0 radical (unpaired) electrons. The average Bonchev–Trinajstić information content (AvgIpc) is 0.770. The van der Waals surface area contributed by atoms with Crippen LogP contribution in [0.3, 0.4) is 0 Å². The van der Waals surface area contributed by atoms with Crippen LogP contribution in [0.5, 0.6) is 0 Å². The van der Waals surface area contributed by atoms with E-state index in [2.05, 4.69) is 389 Å². The van der Waals surface area contributed by atoms with Gasteiger partial charge in [-0.05, 0) is 146 Å². The number of rotatable bonds is 10. The third kappa shape index (κ3) is 8.92. The first-order valence-electron chi connectivity index (χ1n) is 35.2. The number of nitrogens with zero attached hydrogens (tertiary/aromatic N) is 4. The molecule has 0 aliphatic carbocycles. The maximum Gasteiger partial charge on any atom is 0.252 e. The molecule has 0 unspecified atom stereocenters. The number of anilines is 6. The molecule has 0 saturated carbocycles. The van der Waals surface area contributed by atoms with Crippen LogP contribution in [0, 0.1) is 0 Å². The third-order valence-electron chi connectivity index (χ3n) is 21.5. The fourth-order valence-corrected chi connectivity index (χ4v) is 17.0. The Balaban J connectivity index is 0.924. The van der Waals surface area contributed by atoms with Crippen LogP contribution >= 0.6 is 0 Å². The molecule has 0 saturated heterocycles. The van der Waals surface area contributed by atoms with Crippen LogP contribution in [0.1, 0.15) is 0 Å². The molecule has 19 aromatic rings. The molecule has 0 fully saturated rings. The summed E-state index contributed by atoms with van der Waals surface area (Å²) >= 11 is 0. The van der Waals surface area contributed by atoms with Crippen LogP contribution in [0.2, 0.25) is 0 Å². The first kappa shape index (κ1) is 57.6. The van der Waals surface area contributed by atoms with Crippen molar-refractivity contribution in [3.63, 3.8) is 0 Å². The second kappa shape index (κ2) is 23.1. The Labute approximate surface area is 590 Å². The number of aromatic nitrogens is 2. The normalized spacial score (nSPS) is 12.5. The molecule has 0 N–H and O–H groups in total. The molecule has 21 rings (SSSR count). The second-order valence-electron chi connectivity index (χ2n) is 27.0. The summed E-state index contributed by atoms with van der Waals surface area (Å²) in [5.41, 5.74) is 32.3. The van der Waals surface area contributed by atoms with Crippen molar-refractivity contribution in [2.24, 2.45) is 0 Å². The molecule has 5 heterocycles. The van der Waals surface area contributed by atoms with Crippen LogP contribution in [0.15, 0.2) is 374 Å². The highest BCUT2D eigenvalue weighted by Gasteiger charge is 2.46. The van der Waals surface area contributed by atoms with Gasteiger partial charge in [0.2, 0.25) is 0 Å². The van der Waals surface area contributed by atoms with E-state index in [0.717, 1.165) is 145 Å². The van der Waals surface area contributed by atoms with E-state index >= 15 is 0 Å². The van der Waals surface area contributed by atoms with Crippen molar-refractivity contribution in [3.8, 4) is 78.1 Å². The van der Waals surface area contributed by atoms with Crippen LogP contribution in [0.4, 0.5) is 34.1 Å². The van der Waals surface area contributed by atoms with Gasteiger partial charge < -0.3 is 23.4 Å². The smallest absolute Gasteiger partial charge is 0.252 e. The maximum atomic E-state index is 6.52. The molecule has 0 atom stereocenters. The summed E-state index contributed by atoms with van der Waals surface area (Å²) in [6.45, 7) is -0.286. The molecule has 0 bridgehead atoms. The first-order valence-corrected chi connectivity index (χ1v) is 35.2. The lowest BCUT2D eigenvalue weighted by molar-refractivity contribution is 0.669. The van der Waals surface area contributed by atoms with Gasteiger partial charge in [0, 0.05) is 83.0 Å². The molecule has 102 heavy (non-hydrogen) atoms. The third-order valence-corrected chi connectivity index (χ3v) is 21.5. The summed E-state index contributed by atoms with van der Waals surface area (Å²) in [5.74, 6) is 0. The largest absolute Gasteiger partial charge is 0.456 e. The monoisotopic (exact) mass is 1300 g/mol. The predicted octanol–water partition coefficient (Wildman–Crippen LogP) is 23.9. The average molecular weight is 1300 g/mol. The minimum absolute atomic E-state index is 0.286. The van der Waals surface area contributed by atoms with Crippen molar-refractivity contribution in [2.45, 2.75) is 0 Å². The summed E-state index contributed by atoms with van der Waals surface area (Å²) in [4.78, 5) is 5.34. The van der Waals surface area contributed by atoms with Gasteiger partial charge in [0.25, 0.3) is 6.71 Å². The molecule has 2 aliphatic rings. The zero-order valence-corrected chi connectivity index (χ0v) is 55.5. The van der Waals surface area contributed by atoms with Gasteiger partial charge in [-0.2, -0.15) is 0 Å². The molecule has 0 amide bonds. The zero-order valence-electron chi connectivity index (χ0n) is 55.5. The SMILES string of the molecule is c1ccc(-c2cccc(-c3ccccc3)c2N2c3ccc(-c4ccc5c(c4)c4ccccc4n5-c4ccccc4)cc3B3c4ccc(-c5ccc6oc7ccccc7c6c5)cc4N(c4c(-c5ccccc5)cccc4-c4ccccc4)c4cc(-n5c6ccccc6c6ccccc65)cc2c43)cc1. The van der Waals surface area contributed by atoms with E-state index in [-0.39, 0.29) is 6.71 Å². The van der Waals surface area contributed by atoms with Crippen LogP contribution in [-0.4, -0.2) is 15.8 Å². The number of hydrogen-bond acceptors (Lipinski definition) is 3. The summed E-state index contributed by atoms with van der Waals surface area (Å²) in [7, 11) is 0. The van der Waals surface area contributed by atoms with Gasteiger partial charge in [0.15, 0.2) is 0 Å². The molecule has 3 aromatic heterocycles. The Bertz CT molecular complexity index is 6410. The minimum Gasteiger partial charge on any atom is -0.456 e. The van der Waals surface area contributed by atoms with Crippen LogP contribution in [-0.2, 0) is 0 Å². The minimum atomic E-state index is -0.286. The summed E-state index contributed by atoms with van der Waals surface area (Å²) < 4.78 is 11.5. The molecule has 5 nitrogen and oxygen atoms in total. The Morgan fingerprint density at radius 1 is 0.216 bits per heavy atom. The lowest BCUT2D eigenvalue weighted by Crippen LogP contribution is -2.61. The molecule has 474 valence electrons. The van der Waals surface area contributed by atoms with Gasteiger partial charge >= 0.3 is 0 Å². The van der Waals surface area contributed by atoms with Crippen molar-refractivity contribution in [2.75, 3.05) is 9.80 Å². The van der Waals surface area contributed by atoms with Crippen molar-refractivity contribution in [1.82, 2.24) is 9.13 Å². The number of benzene rings is 16. The van der Waals surface area contributed by atoms with E-state index in [4.69, 9.17) is 4.42 Å². The van der Waals surface area contributed by atoms with Crippen molar-refractivity contribution >= 4 is 123 Å². The highest BCUT2D eigenvalue weighted by molar-refractivity contribution is 7.00. The lowest BCUT2D eigenvalue weighted by atomic mass is 9.33. The quantitative estimate of drug-likeness (QED) is 0.128. The second-order valence-corrected chi connectivity index (χ2v) is 27.0.